The van der Waals surface area contributed by atoms with Gasteiger partial charge in [-0.3, -0.25) is 4.79 Å². The zero-order chi connectivity index (χ0) is 13.0. The first-order valence-electron chi connectivity index (χ1n) is 5.50. The smallest absolute Gasteiger partial charge is 0.326 e. The van der Waals surface area contributed by atoms with Crippen LogP contribution < -0.4 is 5.32 Å². The average molecular weight is 240 g/mol. The standard InChI is InChI=1S/C11H16N2O4/c1-4-7-9(6(3)17-13-7)10(14)12-8(5-2)11(15)16/h8H,4-5H2,1-3H3,(H,12,14)(H,15,16)/t8-/m1/s1. The molecule has 0 aliphatic heterocycles. The van der Waals surface area contributed by atoms with Crippen LogP contribution in [0.3, 0.4) is 0 Å². The SMILES string of the molecule is CCc1noc(C)c1C(=O)N[C@H](CC)C(=O)O. The minimum absolute atomic E-state index is 0.326. The van der Waals surface area contributed by atoms with Crippen LogP contribution in [0.15, 0.2) is 4.52 Å². The van der Waals surface area contributed by atoms with E-state index < -0.39 is 17.9 Å². The first-order valence-corrected chi connectivity index (χ1v) is 5.50. The molecule has 1 aromatic rings. The molecular formula is C11H16N2O4. The number of carbonyl (C=O) groups is 2. The predicted octanol–water partition coefficient (Wildman–Crippen LogP) is 1.14. The van der Waals surface area contributed by atoms with Crippen molar-refractivity contribution in [3.63, 3.8) is 0 Å². The second kappa shape index (κ2) is 5.47. The van der Waals surface area contributed by atoms with Gasteiger partial charge in [0.15, 0.2) is 0 Å². The fraction of sp³-hybridized carbons (Fsp3) is 0.545. The van der Waals surface area contributed by atoms with Gasteiger partial charge in [-0.2, -0.15) is 0 Å². The van der Waals surface area contributed by atoms with Gasteiger partial charge < -0.3 is 14.9 Å². The number of aryl methyl sites for hydroxylation is 2. The van der Waals surface area contributed by atoms with Crippen molar-refractivity contribution in [1.29, 1.82) is 0 Å². The van der Waals surface area contributed by atoms with Crippen LogP contribution in [0.2, 0.25) is 0 Å². The van der Waals surface area contributed by atoms with Crippen molar-refractivity contribution in [2.75, 3.05) is 0 Å². The van der Waals surface area contributed by atoms with Gasteiger partial charge in [-0.1, -0.05) is 19.0 Å². The van der Waals surface area contributed by atoms with Crippen molar-refractivity contribution in [1.82, 2.24) is 10.5 Å². The van der Waals surface area contributed by atoms with E-state index >= 15 is 0 Å². The van der Waals surface area contributed by atoms with Gasteiger partial charge in [0.1, 0.15) is 17.4 Å². The summed E-state index contributed by atoms with van der Waals surface area (Å²) in [6.07, 6.45) is 0.886. The second-order valence-corrected chi connectivity index (χ2v) is 3.69. The average Bonchev–Trinajstić information content (AvgIpc) is 2.66. The van der Waals surface area contributed by atoms with Crippen LogP contribution in [0.25, 0.3) is 0 Å². The molecule has 0 aromatic carbocycles. The summed E-state index contributed by atoms with van der Waals surface area (Å²) in [5.41, 5.74) is 0.882. The Balaban J connectivity index is 2.89. The molecule has 1 heterocycles. The number of nitrogens with one attached hydrogen (secondary N) is 1. The van der Waals surface area contributed by atoms with Crippen LogP contribution in [0.5, 0.6) is 0 Å². The summed E-state index contributed by atoms with van der Waals surface area (Å²) in [4.78, 5) is 22.7. The molecule has 1 rings (SSSR count). The molecule has 0 saturated heterocycles. The Labute approximate surface area is 99.0 Å². The van der Waals surface area contributed by atoms with Crippen molar-refractivity contribution in [2.24, 2.45) is 0 Å². The van der Waals surface area contributed by atoms with E-state index in [2.05, 4.69) is 10.5 Å². The fourth-order valence-corrected chi connectivity index (χ4v) is 1.52. The summed E-state index contributed by atoms with van der Waals surface area (Å²) >= 11 is 0. The second-order valence-electron chi connectivity index (χ2n) is 3.69. The first kappa shape index (κ1) is 13.2. The van der Waals surface area contributed by atoms with E-state index in [4.69, 9.17) is 9.63 Å². The highest BCUT2D eigenvalue weighted by Crippen LogP contribution is 2.14. The molecule has 0 radical (unpaired) electrons. The van der Waals surface area contributed by atoms with Crippen LogP contribution >= 0.6 is 0 Å². The van der Waals surface area contributed by atoms with E-state index in [1.165, 1.54) is 0 Å². The van der Waals surface area contributed by atoms with E-state index in [0.29, 0.717) is 29.9 Å². The lowest BCUT2D eigenvalue weighted by Crippen LogP contribution is -2.40. The highest BCUT2D eigenvalue weighted by Gasteiger charge is 2.24. The van der Waals surface area contributed by atoms with Gasteiger partial charge in [-0.05, 0) is 19.8 Å². The Morgan fingerprint density at radius 2 is 2.12 bits per heavy atom. The molecule has 0 spiro atoms. The Morgan fingerprint density at radius 3 is 2.59 bits per heavy atom. The number of carboxylic acid groups (broad SMARTS) is 1. The number of amides is 1. The van der Waals surface area contributed by atoms with Crippen molar-refractivity contribution >= 4 is 11.9 Å². The van der Waals surface area contributed by atoms with Gasteiger partial charge in [0.2, 0.25) is 0 Å². The van der Waals surface area contributed by atoms with Crippen molar-refractivity contribution < 1.29 is 19.2 Å². The predicted molar refractivity (Wildman–Crippen MR) is 59.8 cm³/mol. The van der Waals surface area contributed by atoms with Gasteiger partial charge in [0, 0.05) is 0 Å². The highest BCUT2D eigenvalue weighted by atomic mass is 16.5. The zero-order valence-corrected chi connectivity index (χ0v) is 10.1. The van der Waals surface area contributed by atoms with Gasteiger partial charge in [-0.15, -0.1) is 0 Å². The van der Waals surface area contributed by atoms with Gasteiger partial charge in [0.25, 0.3) is 5.91 Å². The van der Waals surface area contributed by atoms with Gasteiger partial charge in [0.05, 0.1) is 5.69 Å². The molecule has 1 atom stereocenters. The van der Waals surface area contributed by atoms with E-state index in [1.807, 2.05) is 6.92 Å². The molecule has 6 heteroatoms. The molecule has 0 fully saturated rings. The zero-order valence-electron chi connectivity index (χ0n) is 10.1. The lowest BCUT2D eigenvalue weighted by atomic mass is 10.1. The first-order chi connectivity index (χ1) is 8.01. The van der Waals surface area contributed by atoms with Crippen molar-refractivity contribution in [3.8, 4) is 0 Å². The molecule has 0 saturated carbocycles. The third kappa shape index (κ3) is 2.83. The summed E-state index contributed by atoms with van der Waals surface area (Å²) in [5.74, 6) is -1.09. The van der Waals surface area contributed by atoms with Crippen LogP contribution in [-0.4, -0.2) is 28.2 Å². The summed E-state index contributed by atoms with van der Waals surface area (Å²) < 4.78 is 4.93. The van der Waals surface area contributed by atoms with E-state index in [-0.39, 0.29) is 0 Å². The molecule has 17 heavy (non-hydrogen) atoms. The monoisotopic (exact) mass is 240 g/mol. The Hall–Kier alpha value is -1.85. The van der Waals surface area contributed by atoms with Crippen LogP contribution in [-0.2, 0) is 11.2 Å². The summed E-state index contributed by atoms with van der Waals surface area (Å²) in [6, 6.07) is -0.887. The molecule has 0 bridgehead atoms. The normalized spacial score (nSPS) is 12.2. The number of hydrogen-bond donors (Lipinski definition) is 2. The minimum Gasteiger partial charge on any atom is -0.480 e. The van der Waals surface area contributed by atoms with E-state index in [1.54, 1.807) is 13.8 Å². The summed E-state index contributed by atoms with van der Waals surface area (Å²) in [6.45, 7) is 5.17. The lowest BCUT2D eigenvalue weighted by molar-refractivity contribution is -0.139. The molecule has 0 unspecified atom stereocenters. The number of rotatable bonds is 5. The number of carboxylic acids is 1. The van der Waals surface area contributed by atoms with Crippen molar-refractivity contribution in [3.05, 3.63) is 17.0 Å². The fourth-order valence-electron chi connectivity index (χ4n) is 1.52. The third-order valence-electron chi connectivity index (χ3n) is 2.51. The van der Waals surface area contributed by atoms with E-state index in [9.17, 15) is 9.59 Å². The van der Waals surface area contributed by atoms with E-state index in [0.717, 1.165) is 0 Å². The third-order valence-corrected chi connectivity index (χ3v) is 2.51. The Morgan fingerprint density at radius 1 is 1.47 bits per heavy atom. The van der Waals surface area contributed by atoms with Gasteiger partial charge in [-0.25, -0.2) is 4.79 Å². The maximum absolute atomic E-state index is 11.9. The molecule has 0 aliphatic rings. The largest absolute Gasteiger partial charge is 0.480 e. The van der Waals surface area contributed by atoms with Crippen LogP contribution in [0.1, 0.15) is 42.1 Å². The molecule has 1 amide bonds. The highest BCUT2D eigenvalue weighted by molar-refractivity contribution is 5.98. The molecular weight excluding hydrogens is 224 g/mol. The molecule has 94 valence electrons. The maximum atomic E-state index is 11.9. The van der Waals surface area contributed by atoms with Gasteiger partial charge >= 0.3 is 5.97 Å². The number of hydrogen-bond acceptors (Lipinski definition) is 4. The Bertz CT molecular complexity index is 425. The summed E-state index contributed by atoms with van der Waals surface area (Å²) in [7, 11) is 0. The Kier molecular flexibility index (Phi) is 4.25. The van der Waals surface area contributed by atoms with Crippen LogP contribution in [0.4, 0.5) is 0 Å². The summed E-state index contributed by atoms with van der Waals surface area (Å²) in [5, 5.41) is 15.1. The van der Waals surface area contributed by atoms with Crippen molar-refractivity contribution in [2.45, 2.75) is 39.7 Å². The number of aliphatic carboxylic acids is 1. The molecule has 2 N–H and O–H groups in total. The quantitative estimate of drug-likeness (QED) is 0.805. The van der Waals surface area contributed by atoms with Crippen LogP contribution in [0, 0.1) is 6.92 Å². The number of aromatic nitrogens is 1. The minimum atomic E-state index is -1.05. The molecule has 1 aromatic heterocycles. The molecule has 6 nitrogen and oxygen atoms in total. The lowest BCUT2D eigenvalue weighted by Gasteiger charge is -2.11. The maximum Gasteiger partial charge on any atom is 0.326 e. The topological polar surface area (TPSA) is 92.4 Å². The molecule has 0 aliphatic carbocycles. The number of carbonyl (C=O) groups excluding carboxylic acids is 1. The number of nitrogens with zero attached hydrogens (tertiary/aromatic N) is 1.